The number of likely N-dealkylation sites (N-methyl/N-ethyl adjacent to an activating group) is 1. The third-order valence-electron chi connectivity index (χ3n) is 4.24. The average molecular weight is 636 g/mol. The zero-order valence-electron chi connectivity index (χ0n) is 17.7. The van der Waals surface area contributed by atoms with Gasteiger partial charge in [-0.15, -0.1) is 6.58 Å². The first-order chi connectivity index (χ1) is 13.8. The molecular formula is C23H27AcN3O4. The smallest absolute Gasteiger partial charge is 0.343 e. The van der Waals surface area contributed by atoms with Crippen molar-refractivity contribution in [3.05, 3.63) is 83.4 Å². The zero-order valence-corrected chi connectivity index (χ0v) is 22.5. The SMILES string of the molecule is C=CCN(CC)C(=O)/C(C)=C\c1cccc(C(=O)Oc2ccc(C(=N)N)cc2)c1.O.[Ac]. The van der Waals surface area contributed by atoms with Gasteiger partial charge in [-0.25, -0.2) is 4.79 Å². The fraction of sp³-hybridized carbons (Fsp3) is 0.174. The molecule has 7 nitrogen and oxygen atoms in total. The molecule has 0 aliphatic carbocycles. The van der Waals surface area contributed by atoms with Crippen LogP contribution in [0.4, 0.5) is 0 Å². The number of benzene rings is 2. The second kappa shape index (κ2) is 13.9. The number of amidine groups is 1. The second-order valence-electron chi connectivity index (χ2n) is 6.41. The number of nitrogens with zero attached hydrogens (tertiary/aromatic N) is 1. The first-order valence-electron chi connectivity index (χ1n) is 9.20. The van der Waals surface area contributed by atoms with E-state index in [4.69, 9.17) is 15.9 Å². The molecule has 0 unspecified atom stereocenters. The molecule has 0 atom stereocenters. The van der Waals surface area contributed by atoms with E-state index in [1.807, 2.05) is 13.0 Å². The maximum Gasteiger partial charge on any atom is 0.343 e. The van der Waals surface area contributed by atoms with E-state index in [2.05, 4.69) is 6.58 Å². The number of carbonyl (C=O) groups is 2. The van der Waals surface area contributed by atoms with E-state index in [1.165, 1.54) is 0 Å². The van der Waals surface area contributed by atoms with Crippen LogP contribution in [0.3, 0.4) is 0 Å². The van der Waals surface area contributed by atoms with Crippen LogP contribution in [-0.2, 0) is 4.79 Å². The van der Waals surface area contributed by atoms with Gasteiger partial charge >= 0.3 is 5.97 Å². The second-order valence-corrected chi connectivity index (χ2v) is 6.41. The predicted molar refractivity (Wildman–Crippen MR) is 119 cm³/mol. The number of rotatable bonds is 8. The van der Waals surface area contributed by atoms with Crippen molar-refractivity contribution < 1.29 is 63.9 Å². The fourth-order valence-electron chi connectivity index (χ4n) is 2.70. The molecule has 161 valence electrons. The van der Waals surface area contributed by atoms with Crippen LogP contribution in [0.5, 0.6) is 5.75 Å². The van der Waals surface area contributed by atoms with Crippen molar-refractivity contribution in [2.45, 2.75) is 13.8 Å². The minimum atomic E-state index is -0.512. The number of ether oxygens (including phenoxy) is 1. The summed E-state index contributed by atoms with van der Waals surface area (Å²) in [6.45, 7) is 8.40. The molecule has 0 bridgehead atoms. The van der Waals surface area contributed by atoms with E-state index < -0.39 is 5.97 Å². The van der Waals surface area contributed by atoms with Gasteiger partial charge in [0.1, 0.15) is 11.6 Å². The molecule has 8 heteroatoms. The first kappa shape index (κ1) is 28.7. The monoisotopic (exact) mass is 636 g/mol. The molecule has 0 spiro atoms. The first-order valence-corrected chi connectivity index (χ1v) is 9.20. The van der Waals surface area contributed by atoms with Crippen LogP contribution < -0.4 is 10.5 Å². The van der Waals surface area contributed by atoms with Crippen molar-refractivity contribution in [2.75, 3.05) is 13.1 Å². The van der Waals surface area contributed by atoms with Crippen LogP contribution in [0.25, 0.3) is 6.08 Å². The van der Waals surface area contributed by atoms with Gasteiger partial charge in [-0.2, -0.15) is 0 Å². The normalized spacial score (nSPS) is 10.2. The number of esters is 1. The summed E-state index contributed by atoms with van der Waals surface area (Å²) < 4.78 is 5.37. The van der Waals surface area contributed by atoms with Gasteiger partial charge in [-0.05, 0) is 61.9 Å². The van der Waals surface area contributed by atoms with Crippen molar-refractivity contribution in [1.29, 1.82) is 5.41 Å². The Kier molecular flexibility index (Phi) is 12.9. The molecule has 0 saturated carbocycles. The number of nitrogens with two attached hydrogens (primary N) is 1. The molecule has 2 aromatic rings. The molecule has 0 heterocycles. The van der Waals surface area contributed by atoms with E-state index in [0.29, 0.717) is 35.5 Å². The van der Waals surface area contributed by atoms with E-state index in [1.54, 1.807) is 66.4 Å². The predicted octanol–water partition coefficient (Wildman–Crippen LogP) is 2.80. The van der Waals surface area contributed by atoms with Crippen LogP contribution in [0.15, 0.2) is 66.8 Å². The van der Waals surface area contributed by atoms with Gasteiger partial charge in [-0.1, -0.05) is 18.2 Å². The number of hydrogen-bond donors (Lipinski definition) is 2. The fourth-order valence-corrected chi connectivity index (χ4v) is 2.70. The molecular weight excluding hydrogens is 609 g/mol. The molecule has 5 N–H and O–H groups in total. The Bertz CT molecular complexity index is 956. The standard InChI is InChI=1S/C23H25N3O3.Ac.H2O/c1-4-13-26(5-2)22(27)16(3)14-17-7-6-8-19(15-17)23(28)29-20-11-9-18(10-12-20)21(24)25;;/h4,6-12,14-15H,1,5,13H2,2-3H3,(H3,24,25);;1H2/b16-14-;;. The van der Waals surface area contributed by atoms with Gasteiger partial charge in [0, 0.05) is 68.3 Å². The number of nitrogens with one attached hydrogen (secondary N) is 1. The number of carbonyl (C=O) groups excluding carboxylic acids is 2. The quantitative estimate of drug-likeness (QED) is 0.115. The van der Waals surface area contributed by atoms with E-state index in [9.17, 15) is 9.59 Å². The van der Waals surface area contributed by atoms with Crippen LogP contribution in [0.1, 0.15) is 35.3 Å². The van der Waals surface area contributed by atoms with Gasteiger partial charge in [0.15, 0.2) is 0 Å². The Morgan fingerprint density at radius 3 is 2.35 bits per heavy atom. The van der Waals surface area contributed by atoms with Gasteiger partial charge in [-0.3, -0.25) is 10.2 Å². The maximum atomic E-state index is 12.5. The van der Waals surface area contributed by atoms with Crippen molar-refractivity contribution in [3.63, 3.8) is 0 Å². The Balaban J connectivity index is 0.00000450. The van der Waals surface area contributed by atoms with Crippen LogP contribution in [0, 0.1) is 49.5 Å². The van der Waals surface area contributed by atoms with E-state index >= 15 is 0 Å². The summed E-state index contributed by atoms with van der Waals surface area (Å²) in [6.07, 6.45) is 3.43. The van der Waals surface area contributed by atoms with Gasteiger partial charge in [0.2, 0.25) is 5.91 Å². The summed E-state index contributed by atoms with van der Waals surface area (Å²) >= 11 is 0. The average Bonchev–Trinajstić information content (AvgIpc) is 2.72. The third-order valence-corrected chi connectivity index (χ3v) is 4.24. The molecule has 0 saturated heterocycles. The molecule has 0 aliphatic heterocycles. The molecule has 0 fully saturated rings. The zero-order chi connectivity index (χ0) is 21.4. The van der Waals surface area contributed by atoms with Crippen LogP contribution in [0.2, 0.25) is 0 Å². The van der Waals surface area contributed by atoms with E-state index in [-0.39, 0.29) is 61.3 Å². The Morgan fingerprint density at radius 2 is 1.81 bits per heavy atom. The molecule has 1 amide bonds. The molecule has 2 rings (SSSR count). The van der Waals surface area contributed by atoms with Crippen LogP contribution in [-0.4, -0.2) is 41.2 Å². The van der Waals surface area contributed by atoms with Crippen molar-refractivity contribution in [3.8, 4) is 5.75 Å². The largest absolute Gasteiger partial charge is 0.423 e. The molecule has 2 aromatic carbocycles. The maximum absolute atomic E-state index is 12.5. The van der Waals surface area contributed by atoms with Crippen molar-refractivity contribution in [1.82, 2.24) is 4.90 Å². The van der Waals surface area contributed by atoms with Gasteiger partial charge in [0.25, 0.3) is 0 Å². The Hall–Kier alpha value is -2.27. The molecule has 1 radical (unpaired) electrons. The Labute approximate surface area is 218 Å². The summed E-state index contributed by atoms with van der Waals surface area (Å²) in [5, 5.41) is 7.39. The summed E-state index contributed by atoms with van der Waals surface area (Å²) in [7, 11) is 0. The van der Waals surface area contributed by atoms with Crippen LogP contribution >= 0.6 is 0 Å². The van der Waals surface area contributed by atoms with Crippen molar-refractivity contribution >= 4 is 23.8 Å². The van der Waals surface area contributed by atoms with Crippen molar-refractivity contribution in [2.24, 2.45) is 5.73 Å². The van der Waals surface area contributed by atoms with E-state index in [0.717, 1.165) is 5.56 Å². The molecule has 31 heavy (non-hydrogen) atoms. The molecule has 0 aromatic heterocycles. The minimum Gasteiger partial charge on any atom is -0.423 e. The van der Waals surface area contributed by atoms with Gasteiger partial charge in [0.05, 0.1) is 5.56 Å². The summed E-state index contributed by atoms with van der Waals surface area (Å²) in [6, 6.07) is 13.3. The Morgan fingerprint density at radius 1 is 1.16 bits per heavy atom. The van der Waals surface area contributed by atoms with Gasteiger partial charge < -0.3 is 20.8 Å². The molecule has 0 aliphatic rings. The number of amides is 1. The summed E-state index contributed by atoms with van der Waals surface area (Å²) in [5.74, 6) is -0.287. The number of hydrogen-bond acceptors (Lipinski definition) is 4. The number of nitrogen functional groups attached to an aromatic ring is 1. The topological polar surface area (TPSA) is 128 Å². The summed E-state index contributed by atoms with van der Waals surface area (Å²) in [5.41, 5.74) is 7.63. The summed E-state index contributed by atoms with van der Waals surface area (Å²) in [4.78, 5) is 26.6. The third kappa shape index (κ3) is 8.41. The minimum absolute atomic E-state index is 0.